The standard InChI is InChI=1S/C36H42N2O2/c1-21(2)26-15-28(35(39)30(17-26)23(5)6)19-37-32-13-9-11-25-12-10-14-33(34(25)32)38-20-29-16-27(22(3)4)18-31(24(7)8)36(29)40/h9-24,39-40H,1-8H3. The zero-order valence-corrected chi connectivity index (χ0v) is 25.0. The number of aliphatic imine (C=N–C) groups is 2. The van der Waals surface area contributed by atoms with Crippen molar-refractivity contribution in [2.45, 2.75) is 79.1 Å². The van der Waals surface area contributed by atoms with E-state index in [0.717, 1.165) is 33.3 Å². The maximum Gasteiger partial charge on any atom is 0.127 e. The van der Waals surface area contributed by atoms with Crippen LogP contribution in [0.2, 0.25) is 0 Å². The Bertz CT molecular complexity index is 1460. The van der Waals surface area contributed by atoms with E-state index in [9.17, 15) is 10.2 Å². The number of nitrogens with zero attached hydrogens (tertiary/aromatic N) is 2. The highest BCUT2D eigenvalue weighted by molar-refractivity contribution is 6.04. The van der Waals surface area contributed by atoms with Gasteiger partial charge in [0.1, 0.15) is 11.5 Å². The van der Waals surface area contributed by atoms with Crippen molar-refractivity contribution >= 4 is 34.6 Å². The number of hydrogen-bond acceptors (Lipinski definition) is 4. The molecule has 0 unspecified atom stereocenters. The van der Waals surface area contributed by atoms with Gasteiger partial charge < -0.3 is 10.2 Å². The largest absolute Gasteiger partial charge is 0.507 e. The monoisotopic (exact) mass is 534 g/mol. The predicted octanol–water partition coefficient (Wildman–Crippen LogP) is 10.2. The number of phenolic OH excluding ortho intramolecular Hbond substituents is 2. The van der Waals surface area contributed by atoms with Crippen molar-refractivity contribution < 1.29 is 10.2 Å². The van der Waals surface area contributed by atoms with Gasteiger partial charge in [0.05, 0.1) is 11.4 Å². The van der Waals surface area contributed by atoms with Gasteiger partial charge in [-0.05, 0) is 75.6 Å². The SMILES string of the molecule is CC(C)c1cc(C=Nc2cccc3cccc(N=Cc4cc(C(C)C)cc(C(C)C)c4O)c23)c(O)c(C(C)C)c1. The number of hydrogen-bond donors (Lipinski definition) is 2. The molecule has 0 aliphatic heterocycles. The summed E-state index contributed by atoms with van der Waals surface area (Å²) < 4.78 is 0. The molecule has 0 aromatic heterocycles. The lowest BCUT2D eigenvalue weighted by atomic mass is 9.92. The van der Waals surface area contributed by atoms with Crippen molar-refractivity contribution in [2.75, 3.05) is 0 Å². The molecule has 0 bridgehead atoms. The fraction of sp³-hybridized carbons (Fsp3) is 0.333. The molecule has 0 heterocycles. The van der Waals surface area contributed by atoms with Gasteiger partial charge in [-0.3, -0.25) is 9.98 Å². The van der Waals surface area contributed by atoms with Crippen LogP contribution in [0.1, 0.15) is 112 Å². The third-order valence-corrected chi connectivity index (χ3v) is 7.51. The molecule has 0 fully saturated rings. The number of rotatable bonds is 8. The second-order valence-corrected chi connectivity index (χ2v) is 11.9. The lowest BCUT2D eigenvalue weighted by Gasteiger charge is -2.15. The fourth-order valence-electron chi connectivity index (χ4n) is 4.95. The molecule has 208 valence electrons. The Balaban J connectivity index is 1.82. The molecule has 0 saturated carbocycles. The van der Waals surface area contributed by atoms with Crippen LogP contribution in [-0.4, -0.2) is 22.6 Å². The third-order valence-electron chi connectivity index (χ3n) is 7.51. The molecule has 4 heteroatoms. The Morgan fingerprint density at radius 2 is 0.950 bits per heavy atom. The molecule has 0 saturated heterocycles. The van der Waals surface area contributed by atoms with Gasteiger partial charge in [-0.25, -0.2) is 0 Å². The molecule has 40 heavy (non-hydrogen) atoms. The zero-order valence-electron chi connectivity index (χ0n) is 25.0. The minimum atomic E-state index is 0.200. The first-order valence-corrected chi connectivity index (χ1v) is 14.3. The normalized spacial score (nSPS) is 12.4. The topological polar surface area (TPSA) is 65.2 Å². The Morgan fingerprint density at radius 1 is 0.550 bits per heavy atom. The molecular formula is C36H42N2O2. The molecule has 2 N–H and O–H groups in total. The van der Waals surface area contributed by atoms with E-state index in [1.54, 1.807) is 12.4 Å². The molecule has 4 aromatic rings. The third kappa shape index (κ3) is 6.12. The Kier molecular flexibility index (Phi) is 8.78. The first kappa shape index (κ1) is 29.1. The van der Waals surface area contributed by atoms with Gasteiger partial charge in [0.2, 0.25) is 0 Å². The van der Waals surface area contributed by atoms with Crippen LogP contribution in [0.3, 0.4) is 0 Å². The Hall–Kier alpha value is -3.92. The smallest absolute Gasteiger partial charge is 0.127 e. The average Bonchev–Trinajstić information content (AvgIpc) is 2.91. The van der Waals surface area contributed by atoms with Gasteiger partial charge in [0.15, 0.2) is 0 Å². The zero-order chi connectivity index (χ0) is 29.1. The summed E-state index contributed by atoms with van der Waals surface area (Å²) in [4.78, 5) is 9.73. The molecular weight excluding hydrogens is 492 g/mol. The van der Waals surface area contributed by atoms with Crippen molar-refractivity contribution in [1.29, 1.82) is 0 Å². The van der Waals surface area contributed by atoms with Crippen LogP contribution in [0, 0.1) is 0 Å². The van der Waals surface area contributed by atoms with Crippen molar-refractivity contribution in [2.24, 2.45) is 9.98 Å². The second kappa shape index (κ2) is 12.1. The van der Waals surface area contributed by atoms with E-state index in [0.29, 0.717) is 23.0 Å². The molecule has 0 aliphatic carbocycles. The highest BCUT2D eigenvalue weighted by Gasteiger charge is 2.15. The van der Waals surface area contributed by atoms with Crippen LogP contribution in [-0.2, 0) is 0 Å². The Labute approximate surface area is 239 Å². The highest BCUT2D eigenvalue weighted by Crippen LogP contribution is 2.37. The molecule has 0 spiro atoms. The van der Waals surface area contributed by atoms with Gasteiger partial charge in [-0.2, -0.15) is 0 Å². The van der Waals surface area contributed by atoms with Crippen LogP contribution in [0.4, 0.5) is 11.4 Å². The molecule has 4 nitrogen and oxygen atoms in total. The molecule has 4 aromatic carbocycles. The number of aromatic hydroxyl groups is 2. The van der Waals surface area contributed by atoms with E-state index in [1.807, 2.05) is 36.4 Å². The second-order valence-electron chi connectivity index (χ2n) is 11.9. The molecule has 0 radical (unpaired) electrons. The van der Waals surface area contributed by atoms with Gasteiger partial charge >= 0.3 is 0 Å². The van der Waals surface area contributed by atoms with Gasteiger partial charge in [0, 0.05) is 28.9 Å². The summed E-state index contributed by atoms with van der Waals surface area (Å²) in [6.45, 7) is 17.0. The van der Waals surface area contributed by atoms with E-state index in [1.165, 1.54) is 11.1 Å². The molecule has 4 rings (SSSR count). The number of fused-ring (bicyclic) bond motifs is 1. The van der Waals surface area contributed by atoms with Crippen molar-refractivity contribution in [3.63, 3.8) is 0 Å². The van der Waals surface area contributed by atoms with Crippen LogP contribution < -0.4 is 0 Å². The van der Waals surface area contributed by atoms with Crippen LogP contribution in [0.5, 0.6) is 11.5 Å². The quantitative estimate of drug-likeness (QED) is 0.221. The van der Waals surface area contributed by atoms with E-state index >= 15 is 0 Å². The minimum absolute atomic E-state index is 0.200. The van der Waals surface area contributed by atoms with Gasteiger partial charge in [-0.15, -0.1) is 0 Å². The molecule has 0 aliphatic rings. The summed E-state index contributed by atoms with van der Waals surface area (Å²) in [7, 11) is 0. The summed E-state index contributed by atoms with van der Waals surface area (Å²) >= 11 is 0. The predicted molar refractivity (Wildman–Crippen MR) is 171 cm³/mol. The van der Waals surface area contributed by atoms with Gasteiger partial charge in [-0.1, -0.05) is 91.8 Å². The summed E-state index contributed by atoms with van der Waals surface area (Å²) in [5.41, 5.74) is 7.18. The lowest BCUT2D eigenvalue weighted by Crippen LogP contribution is -1.98. The van der Waals surface area contributed by atoms with Crippen molar-refractivity contribution in [3.05, 3.63) is 94.0 Å². The van der Waals surface area contributed by atoms with Gasteiger partial charge in [0.25, 0.3) is 0 Å². The molecule has 0 atom stereocenters. The molecule has 0 amide bonds. The van der Waals surface area contributed by atoms with Crippen LogP contribution in [0.25, 0.3) is 10.8 Å². The van der Waals surface area contributed by atoms with Crippen molar-refractivity contribution in [1.82, 2.24) is 0 Å². The first-order chi connectivity index (χ1) is 19.0. The van der Waals surface area contributed by atoms with Crippen LogP contribution >= 0.6 is 0 Å². The first-order valence-electron chi connectivity index (χ1n) is 14.3. The van der Waals surface area contributed by atoms with E-state index in [4.69, 9.17) is 9.98 Å². The van der Waals surface area contributed by atoms with E-state index < -0.39 is 0 Å². The number of benzene rings is 4. The summed E-state index contributed by atoms with van der Waals surface area (Å²) in [6, 6.07) is 20.3. The average molecular weight is 535 g/mol. The Morgan fingerprint density at radius 3 is 1.30 bits per heavy atom. The number of phenols is 2. The summed E-state index contributed by atoms with van der Waals surface area (Å²) in [5, 5.41) is 24.0. The van der Waals surface area contributed by atoms with E-state index in [2.05, 4.69) is 79.7 Å². The fourth-order valence-corrected chi connectivity index (χ4v) is 4.95. The van der Waals surface area contributed by atoms with E-state index in [-0.39, 0.29) is 23.3 Å². The van der Waals surface area contributed by atoms with Crippen molar-refractivity contribution in [3.8, 4) is 11.5 Å². The highest BCUT2D eigenvalue weighted by atomic mass is 16.3. The maximum absolute atomic E-state index is 11.0. The minimum Gasteiger partial charge on any atom is -0.507 e. The van der Waals surface area contributed by atoms with Crippen LogP contribution in [0.15, 0.2) is 70.6 Å². The summed E-state index contributed by atoms with van der Waals surface area (Å²) in [5.74, 6) is 1.64. The maximum atomic E-state index is 11.0. The summed E-state index contributed by atoms with van der Waals surface area (Å²) in [6.07, 6.45) is 3.52. The lowest BCUT2D eigenvalue weighted by molar-refractivity contribution is 0.463.